The van der Waals surface area contributed by atoms with Crippen molar-refractivity contribution in [2.24, 2.45) is 5.73 Å². The largest absolute Gasteiger partial charge is 0.490 e. The molecule has 1 aromatic rings. The fourth-order valence-electron chi connectivity index (χ4n) is 1.31. The molecule has 18 heavy (non-hydrogen) atoms. The molecule has 1 atom stereocenters. The topological polar surface area (TPSA) is 105 Å². The monoisotopic (exact) mass is 276 g/mol. The summed E-state index contributed by atoms with van der Waals surface area (Å²) in [4.78, 5) is 21.4. The predicted molar refractivity (Wildman–Crippen MR) is 65.8 cm³/mol. The van der Waals surface area contributed by atoms with Gasteiger partial charge in [-0.25, -0.2) is 0 Å². The average molecular weight is 277 g/mol. The maximum absolute atomic E-state index is 11.2. The Bertz CT molecular complexity index is 452. The summed E-state index contributed by atoms with van der Waals surface area (Å²) in [5, 5.41) is 10.8. The van der Waals surface area contributed by atoms with Gasteiger partial charge < -0.3 is 15.2 Å². The van der Waals surface area contributed by atoms with Crippen LogP contribution in [0, 0.1) is 10.1 Å². The number of esters is 1. The number of nitro benzene ring substituents is 1. The fourth-order valence-corrected chi connectivity index (χ4v) is 1.31. The zero-order valence-corrected chi connectivity index (χ0v) is 10.6. The van der Waals surface area contributed by atoms with Crippen LogP contribution >= 0.6 is 12.4 Å². The standard InChI is InChI=1S/C10H12N2O5.ClH/c1-16-8-4-3-6(5-7(8)12(14)15)9(11)10(13)17-2;/h3-5,9H,11H2,1-2H3;1H/t9-;/m1./s1. The van der Waals surface area contributed by atoms with Crippen LogP contribution in [0.15, 0.2) is 18.2 Å². The molecule has 8 heteroatoms. The third-order valence-electron chi connectivity index (χ3n) is 2.21. The van der Waals surface area contributed by atoms with Crippen LogP contribution in [0.3, 0.4) is 0 Å². The summed E-state index contributed by atoms with van der Waals surface area (Å²) in [5.41, 5.74) is 5.62. The molecule has 0 aliphatic heterocycles. The summed E-state index contributed by atoms with van der Waals surface area (Å²) in [7, 11) is 2.52. The minimum Gasteiger partial charge on any atom is -0.490 e. The first kappa shape index (κ1) is 16.1. The molecule has 0 aromatic heterocycles. The number of nitrogens with zero attached hydrogens (tertiary/aromatic N) is 1. The lowest BCUT2D eigenvalue weighted by atomic mass is 10.1. The van der Waals surface area contributed by atoms with Crippen LogP contribution in [0.1, 0.15) is 11.6 Å². The smallest absolute Gasteiger partial charge is 0.327 e. The quantitative estimate of drug-likeness (QED) is 0.503. The van der Waals surface area contributed by atoms with Gasteiger partial charge in [-0.15, -0.1) is 12.4 Å². The van der Waals surface area contributed by atoms with Gasteiger partial charge in [-0.1, -0.05) is 6.07 Å². The first-order valence-corrected chi connectivity index (χ1v) is 4.67. The second-order valence-corrected chi connectivity index (χ2v) is 3.19. The molecule has 7 nitrogen and oxygen atoms in total. The first-order chi connectivity index (χ1) is 8.01. The van der Waals surface area contributed by atoms with Gasteiger partial charge in [-0.3, -0.25) is 14.9 Å². The lowest BCUT2D eigenvalue weighted by Crippen LogP contribution is -2.22. The summed E-state index contributed by atoms with van der Waals surface area (Å²) in [5.74, 6) is -0.555. The van der Waals surface area contributed by atoms with Crippen molar-refractivity contribution in [3.8, 4) is 5.75 Å². The summed E-state index contributed by atoms with van der Waals surface area (Å²) >= 11 is 0. The molecule has 1 aromatic carbocycles. The molecule has 0 unspecified atom stereocenters. The van der Waals surface area contributed by atoms with Crippen LogP contribution < -0.4 is 10.5 Å². The second kappa shape index (κ2) is 6.77. The van der Waals surface area contributed by atoms with E-state index in [0.717, 1.165) is 0 Å². The third kappa shape index (κ3) is 3.31. The zero-order chi connectivity index (χ0) is 13.0. The molecule has 0 radical (unpaired) electrons. The molecule has 0 bridgehead atoms. The summed E-state index contributed by atoms with van der Waals surface area (Å²) < 4.78 is 9.29. The number of hydrogen-bond acceptors (Lipinski definition) is 6. The summed E-state index contributed by atoms with van der Waals surface area (Å²) in [6, 6.07) is 3.01. The van der Waals surface area contributed by atoms with Gasteiger partial charge in [0.1, 0.15) is 6.04 Å². The molecule has 0 aliphatic carbocycles. The zero-order valence-electron chi connectivity index (χ0n) is 9.78. The average Bonchev–Trinajstić information content (AvgIpc) is 2.35. The van der Waals surface area contributed by atoms with Crippen molar-refractivity contribution in [2.75, 3.05) is 14.2 Å². The van der Waals surface area contributed by atoms with Gasteiger partial charge in [-0.05, 0) is 11.6 Å². The van der Waals surface area contributed by atoms with Gasteiger partial charge in [0.2, 0.25) is 0 Å². The number of carbonyl (C=O) groups excluding carboxylic acids is 1. The highest BCUT2D eigenvalue weighted by Crippen LogP contribution is 2.29. The van der Waals surface area contributed by atoms with E-state index in [9.17, 15) is 14.9 Å². The van der Waals surface area contributed by atoms with E-state index < -0.39 is 16.9 Å². The first-order valence-electron chi connectivity index (χ1n) is 4.67. The van der Waals surface area contributed by atoms with Gasteiger partial charge in [0, 0.05) is 6.07 Å². The van der Waals surface area contributed by atoms with E-state index >= 15 is 0 Å². The Kier molecular flexibility index (Phi) is 6.07. The third-order valence-corrected chi connectivity index (χ3v) is 2.21. The molecule has 0 heterocycles. The van der Waals surface area contributed by atoms with E-state index in [4.69, 9.17) is 10.5 Å². The van der Waals surface area contributed by atoms with Crippen LogP contribution in [0.5, 0.6) is 5.75 Å². The number of rotatable bonds is 4. The summed E-state index contributed by atoms with van der Waals surface area (Å²) in [6.45, 7) is 0. The van der Waals surface area contributed by atoms with Gasteiger partial charge in [-0.2, -0.15) is 0 Å². The van der Waals surface area contributed by atoms with Crippen molar-refractivity contribution in [2.45, 2.75) is 6.04 Å². The van der Waals surface area contributed by atoms with E-state index in [1.54, 1.807) is 0 Å². The van der Waals surface area contributed by atoms with Crippen LogP contribution in [0.2, 0.25) is 0 Å². The van der Waals surface area contributed by atoms with E-state index in [1.807, 2.05) is 0 Å². The highest BCUT2D eigenvalue weighted by molar-refractivity contribution is 5.85. The van der Waals surface area contributed by atoms with Crippen molar-refractivity contribution in [3.63, 3.8) is 0 Å². The Morgan fingerprint density at radius 2 is 2.06 bits per heavy atom. The number of nitro groups is 1. The van der Waals surface area contributed by atoms with Crippen LogP contribution in [-0.4, -0.2) is 25.1 Å². The lowest BCUT2D eigenvalue weighted by molar-refractivity contribution is -0.385. The maximum atomic E-state index is 11.2. The summed E-state index contributed by atoms with van der Waals surface area (Å²) in [6.07, 6.45) is 0. The normalized spacial score (nSPS) is 11.1. The molecule has 0 saturated heterocycles. The van der Waals surface area contributed by atoms with Crippen molar-refractivity contribution in [3.05, 3.63) is 33.9 Å². The molecule has 1 rings (SSSR count). The van der Waals surface area contributed by atoms with Crippen LogP contribution in [0.25, 0.3) is 0 Å². The van der Waals surface area contributed by atoms with Crippen molar-refractivity contribution in [1.29, 1.82) is 0 Å². The molecule has 100 valence electrons. The van der Waals surface area contributed by atoms with E-state index in [0.29, 0.717) is 5.56 Å². The minimum absolute atomic E-state index is 0. The fraction of sp³-hybridized carbons (Fsp3) is 0.300. The van der Waals surface area contributed by atoms with Gasteiger partial charge in [0.25, 0.3) is 0 Å². The van der Waals surface area contributed by atoms with E-state index in [2.05, 4.69) is 4.74 Å². The highest BCUT2D eigenvalue weighted by Gasteiger charge is 2.21. The minimum atomic E-state index is -1.05. The Morgan fingerprint density at radius 3 is 2.50 bits per heavy atom. The van der Waals surface area contributed by atoms with E-state index in [1.165, 1.54) is 32.4 Å². The Labute approximate surface area is 109 Å². The number of benzene rings is 1. The predicted octanol–water partition coefficient (Wildman–Crippen LogP) is 1.20. The Hall–Kier alpha value is -1.86. The SMILES string of the molecule is COC(=O)[C@H](N)c1ccc(OC)c([N+](=O)[O-])c1.Cl. The Morgan fingerprint density at radius 1 is 1.44 bits per heavy atom. The van der Waals surface area contributed by atoms with Gasteiger partial charge in [0.15, 0.2) is 5.75 Å². The second-order valence-electron chi connectivity index (χ2n) is 3.19. The van der Waals surface area contributed by atoms with Crippen molar-refractivity contribution in [1.82, 2.24) is 0 Å². The molecular weight excluding hydrogens is 264 g/mol. The highest BCUT2D eigenvalue weighted by atomic mass is 35.5. The van der Waals surface area contributed by atoms with E-state index in [-0.39, 0.29) is 23.8 Å². The van der Waals surface area contributed by atoms with Crippen LogP contribution in [0.4, 0.5) is 5.69 Å². The molecule has 0 saturated carbocycles. The lowest BCUT2D eigenvalue weighted by Gasteiger charge is -2.10. The van der Waals surface area contributed by atoms with Crippen molar-refractivity contribution < 1.29 is 19.2 Å². The molecule has 0 aliphatic rings. The number of halogens is 1. The number of methoxy groups -OCH3 is 2. The number of nitrogens with two attached hydrogens (primary N) is 1. The maximum Gasteiger partial charge on any atom is 0.327 e. The number of carbonyl (C=O) groups is 1. The Balaban J connectivity index is 0.00000289. The van der Waals surface area contributed by atoms with Crippen LogP contribution in [-0.2, 0) is 9.53 Å². The molecule has 0 amide bonds. The number of hydrogen-bond donors (Lipinski definition) is 1. The molecule has 0 fully saturated rings. The van der Waals surface area contributed by atoms with Gasteiger partial charge in [0.05, 0.1) is 19.1 Å². The molecule has 2 N–H and O–H groups in total. The molecule has 0 spiro atoms. The van der Waals surface area contributed by atoms with Crippen molar-refractivity contribution >= 4 is 24.1 Å². The number of ether oxygens (including phenoxy) is 2. The molecular formula is C10H13ClN2O5. The van der Waals surface area contributed by atoms with Gasteiger partial charge >= 0.3 is 11.7 Å².